The molecule has 0 aromatic heterocycles. The molecule has 5 atom stereocenters. The minimum absolute atomic E-state index is 0.0471. The lowest BCUT2D eigenvalue weighted by atomic mass is 9.46. The van der Waals surface area contributed by atoms with Crippen molar-refractivity contribution in [1.82, 2.24) is 0 Å². The summed E-state index contributed by atoms with van der Waals surface area (Å²) in [6.07, 6.45) is 5.40. The van der Waals surface area contributed by atoms with Gasteiger partial charge in [0.05, 0.1) is 17.6 Å². The van der Waals surface area contributed by atoms with Crippen LogP contribution in [0.15, 0.2) is 23.8 Å². The third-order valence-electron chi connectivity index (χ3n) is 9.23. The summed E-state index contributed by atoms with van der Waals surface area (Å²) in [6.45, 7) is 19.7. The van der Waals surface area contributed by atoms with Crippen LogP contribution in [0.5, 0.6) is 0 Å². The maximum Gasteiger partial charge on any atom is 0.336 e. The highest BCUT2D eigenvalue weighted by Gasteiger charge is 2.57. The zero-order valence-corrected chi connectivity index (χ0v) is 22.0. The summed E-state index contributed by atoms with van der Waals surface area (Å²) < 4.78 is 11.9. The second kappa shape index (κ2) is 8.52. The zero-order chi connectivity index (χ0) is 24.1. The molecule has 0 radical (unpaired) electrons. The second-order valence-corrected chi connectivity index (χ2v) is 16.9. The van der Waals surface area contributed by atoms with Crippen LogP contribution < -0.4 is 0 Å². The van der Waals surface area contributed by atoms with Crippen molar-refractivity contribution in [1.29, 1.82) is 0 Å². The number of cyclic esters (lactones) is 1. The topological polar surface area (TPSA) is 72.8 Å². The molecule has 3 aliphatic rings. The Morgan fingerprint density at radius 1 is 1.25 bits per heavy atom. The molecule has 0 amide bonds. The number of hydrogen-bond donors (Lipinski definition) is 1. The van der Waals surface area contributed by atoms with Gasteiger partial charge in [0, 0.05) is 6.42 Å². The normalized spacial score (nSPS) is 37.6. The first-order valence-corrected chi connectivity index (χ1v) is 14.9. The van der Waals surface area contributed by atoms with Crippen molar-refractivity contribution < 1.29 is 23.9 Å². The van der Waals surface area contributed by atoms with Crippen LogP contribution in [0.4, 0.5) is 0 Å². The van der Waals surface area contributed by atoms with Gasteiger partial charge >= 0.3 is 5.97 Å². The number of fused-ring (bicyclic) bond motifs is 1. The van der Waals surface area contributed by atoms with Crippen molar-refractivity contribution >= 4 is 20.1 Å². The molecule has 3 rings (SSSR count). The molecule has 32 heavy (non-hydrogen) atoms. The van der Waals surface area contributed by atoms with E-state index in [1.165, 1.54) is 5.57 Å². The molecule has 0 spiro atoms. The third-order valence-corrected chi connectivity index (χ3v) is 13.7. The van der Waals surface area contributed by atoms with E-state index in [0.717, 1.165) is 19.3 Å². The zero-order valence-electron chi connectivity index (χ0n) is 21.0. The summed E-state index contributed by atoms with van der Waals surface area (Å²) in [5.74, 6) is 0.171. The van der Waals surface area contributed by atoms with Gasteiger partial charge in [-0.2, -0.15) is 0 Å². The van der Waals surface area contributed by atoms with Crippen molar-refractivity contribution in [2.75, 3.05) is 13.2 Å². The number of rotatable bonds is 5. The van der Waals surface area contributed by atoms with Crippen molar-refractivity contribution in [3.63, 3.8) is 0 Å². The van der Waals surface area contributed by atoms with Crippen molar-refractivity contribution in [2.24, 2.45) is 22.7 Å². The number of ether oxygens (including phenoxy) is 1. The Bertz CT molecular complexity index is 823. The van der Waals surface area contributed by atoms with Gasteiger partial charge in [0.25, 0.3) is 0 Å². The summed E-state index contributed by atoms with van der Waals surface area (Å²) in [6, 6.07) is 0. The van der Waals surface area contributed by atoms with Crippen LogP contribution in [0.1, 0.15) is 66.7 Å². The first-order valence-electron chi connectivity index (χ1n) is 12.0. The lowest BCUT2D eigenvalue weighted by Gasteiger charge is -2.57. The van der Waals surface area contributed by atoms with E-state index in [4.69, 9.17) is 9.16 Å². The SMILES string of the molecule is C=C1CC[C@H]2[C@@](C)(CCC(=O)[C@@]2(C)CO)[C@@H]1C/C=C1/C(=O)OC[C@@H]1O[Si](C)(C)C(C)(C)C. The van der Waals surface area contributed by atoms with E-state index < -0.39 is 13.7 Å². The van der Waals surface area contributed by atoms with Crippen LogP contribution >= 0.6 is 0 Å². The average Bonchev–Trinajstić information content (AvgIpc) is 3.02. The van der Waals surface area contributed by atoms with Gasteiger partial charge in [0.2, 0.25) is 0 Å². The summed E-state index contributed by atoms with van der Waals surface area (Å²) in [7, 11) is -2.05. The summed E-state index contributed by atoms with van der Waals surface area (Å²) >= 11 is 0. The second-order valence-electron chi connectivity index (χ2n) is 12.2. The van der Waals surface area contributed by atoms with E-state index in [0.29, 0.717) is 18.4 Å². The smallest absolute Gasteiger partial charge is 0.336 e. The lowest BCUT2D eigenvalue weighted by molar-refractivity contribution is -0.151. The number of aliphatic hydroxyl groups is 1. The first kappa shape index (κ1) is 25.4. The van der Waals surface area contributed by atoms with Gasteiger partial charge in [-0.1, -0.05) is 52.8 Å². The largest absolute Gasteiger partial charge is 0.459 e. The lowest BCUT2D eigenvalue weighted by Crippen LogP contribution is -2.55. The quantitative estimate of drug-likeness (QED) is 0.263. The molecule has 180 valence electrons. The first-order chi connectivity index (χ1) is 14.7. The molecule has 2 aliphatic carbocycles. The Hall–Kier alpha value is -1.24. The maximum absolute atomic E-state index is 12.7. The number of carbonyl (C=O) groups excluding carboxylic acids is 2. The monoisotopic (exact) mass is 462 g/mol. The van der Waals surface area contributed by atoms with Crippen LogP contribution in [0.25, 0.3) is 0 Å². The van der Waals surface area contributed by atoms with E-state index in [1.807, 2.05) is 13.0 Å². The standard InChI is InChI=1S/C26H42O5Si/c1-17-9-12-21-25(5,14-13-22(28)26(21,6)16-27)19(17)11-10-18-20(15-30-23(18)29)31-32(7,8)24(2,3)4/h10,19-21,27H,1,9,11-16H2,2-8H3/b18-10+/t19-,20+,21+,25+,26+/m1/s1. The number of esters is 1. The van der Waals surface area contributed by atoms with Crippen molar-refractivity contribution in [3.05, 3.63) is 23.8 Å². The molecule has 1 aliphatic heterocycles. The minimum atomic E-state index is -2.05. The molecule has 0 aromatic carbocycles. The van der Waals surface area contributed by atoms with Crippen LogP contribution in [0.3, 0.4) is 0 Å². The fourth-order valence-corrected chi connectivity index (χ4v) is 7.24. The van der Waals surface area contributed by atoms with Crippen molar-refractivity contribution in [3.8, 4) is 0 Å². The van der Waals surface area contributed by atoms with Gasteiger partial charge in [-0.15, -0.1) is 0 Å². The van der Waals surface area contributed by atoms with Crippen LogP contribution in [0.2, 0.25) is 18.1 Å². The predicted molar refractivity (Wildman–Crippen MR) is 129 cm³/mol. The van der Waals surface area contributed by atoms with E-state index >= 15 is 0 Å². The van der Waals surface area contributed by atoms with Gasteiger partial charge < -0.3 is 14.3 Å². The third kappa shape index (κ3) is 4.19. The number of carbonyl (C=O) groups is 2. The molecule has 2 saturated carbocycles. The molecular formula is C26H42O5Si. The van der Waals surface area contributed by atoms with Crippen LogP contribution in [0, 0.1) is 22.7 Å². The fourth-order valence-electron chi connectivity index (χ4n) is 5.98. The molecule has 0 unspecified atom stereocenters. The maximum atomic E-state index is 12.7. The van der Waals surface area contributed by atoms with Gasteiger partial charge in [-0.05, 0) is 61.1 Å². The Labute approximate surface area is 194 Å². The average molecular weight is 463 g/mol. The number of aliphatic hydroxyl groups excluding tert-OH is 1. The fraction of sp³-hybridized carbons (Fsp3) is 0.769. The molecule has 6 heteroatoms. The Morgan fingerprint density at radius 3 is 2.50 bits per heavy atom. The van der Waals surface area contributed by atoms with Gasteiger partial charge in [-0.3, -0.25) is 4.79 Å². The van der Waals surface area contributed by atoms with Crippen molar-refractivity contribution in [2.45, 2.75) is 91.0 Å². The molecule has 0 aromatic rings. The van der Waals surface area contributed by atoms with Crippen LogP contribution in [-0.2, 0) is 18.8 Å². The highest BCUT2D eigenvalue weighted by Crippen LogP contribution is 2.60. The van der Waals surface area contributed by atoms with E-state index in [-0.39, 0.29) is 53.4 Å². The number of allylic oxidation sites excluding steroid dienone is 2. The Kier molecular flexibility index (Phi) is 6.75. The minimum Gasteiger partial charge on any atom is -0.459 e. The molecule has 0 bridgehead atoms. The van der Waals surface area contributed by atoms with E-state index in [9.17, 15) is 14.7 Å². The molecule has 1 N–H and O–H groups in total. The molecule has 3 fully saturated rings. The highest BCUT2D eigenvalue weighted by molar-refractivity contribution is 6.74. The summed E-state index contributed by atoms with van der Waals surface area (Å²) in [5, 5.41) is 10.2. The van der Waals surface area contributed by atoms with Gasteiger partial charge in [0.1, 0.15) is 18.5 Å². The molecule has 1 heterocycles. The number of Topliss-reactive ketones (excluding diaryl/α,β-unsaturated/α-hetero) is 1. The highest BCUT2D eigenvalue weighted by atomic mass is 28.4. The summed E-state index contributed by atoms with van der Waals surface area (Å²) in [4.78, 5) is 25.3. The predicted octanol–water partition coefficient (Wildman–Crippen LogP) is 5.20. The molecule has 1 saturated heterocycles. The Balaban J connectivity index is 1.87. The van der Waals surface area contributed by atoms with Crippen LogP contribution in [-0.4, -0.2) is 44.5 Å². The Morgan fingerprint density at radius 2 is 1.91 bits per heavy atom. The summed E-state index contributed by atoms with van der Waals surface area (Å²) in [5.41, 5.74) is 0.990. The van der Waals surface area contributed by atoms with E-state index in [2.05, 4.69) is 47.4 Å². The van der Waals surface area contributed by atoms with Gasteiger partial charge in [-0.25, -0.2) is 4.79 Å². The number of ketones is 1. The van der Waals surface area contributed by atoms with E-state index in [1.54, 1.807) is 0 Å². The molecule has 5 nitrogen and oxygen atoms in total. The van der Waals surface area contributed by atoms with Gasteiger partial charge in [0.15, 0.2) is 8.32 Å². The molecular weight excluding hydrogens is 420 g/mol. The number of hydrogen-bond acceptors (Lipinski definition) is 5.